The van der Waals surface area contributed by atoms with Crippen LogP contribution in [0.4, 0.5) is 14.6 Å². The van der Waals surface area contributed by atoms with Gasteiger partial charge in [-0.1, -0.05) is 12.1 Å². The maximum Gasteiger partial charge on any atom is 0.344 e. The summed E-state index contributed by atoms with van der Waals surface area (Å²) in [7, 11) is 0. The van der Waals surface area contributed by atoms with Crippen LogP contribution >= 0.6 is 0 Å². The molecule has 2 saturated heterocycles. The SMILES string of the molecule is O=C(CCC(c1cnc(=O)[nH]c1)N1CCC(F)(F)CC1)c1cccc2nc(N3CCOCC3)ccc12. The molecule has 1 atom stereocenters. The van der Waals surface area contributed by atoms with Gasteiger partial charge in [0.05, 0.1) is 18.7 Å². The molecule has 3 aromatic rings. The molecule has 190 valence electrons. The molecular weight excluding hydrogens is 468 g/mol. The number of aromatic nitrogens is 3. The zero-order valence-corrected chi connectivity index (χ0v) is 20.0. The van der Waals surface area contributed by atoms with Gasteiger partial charge in [0.25, 0.3) is 5.92 Å². The minimum absolute atomic E-state index is 0.0359. The molecule has 0 spiro atoms. The van der Waals surface area contributed by atoms with Gasteiger partial charge >= 0.3 is 5.69 Å². The van der Waals surface area contributed by atoms with Crippen molar-refractivity contribution in [3.63, 3.8) is 0 Å². The molecule has 0 saturated carbocycles. The van der Waals surface area contributed by atoms with Gasteiger partial charge in [0.1, 0.15) is 5.82 Å². The lowest BCUT2D eigenvalue weighted by Gasteiger charge is -2.37. The Morgan fingerprint density at radius 2 is 1.89 bits per heavy atom. The van der Waals surface area contributed by atoms with Gasteiger partial charge in [-0.15, -0.1) is 0 Å². The van der Waals surface area contributed by atoms with E-state index in [9.17, 15) is 18.4 Å². The molecule has 1 aromatic carbocycles. The summed E-state index contributed by atoms with van der Waals surface area (Å²) >= 11 is 0. The van der Waals surface area contributed by atoms with Crippen molar-refractivity contribution < 1.29 is 18.3 Å². The Kier molecular flexibility index (Phi) is 7.06. The number of benzene rings is 1. The van der Waals surface area contributed by atoms with Crippen molar-refractivity contribution in [3.8, 4) is 0 Å². The van der Waals surface area contributed by atoms with Crippen LogP contribution in [0.15, 0.2) is 47.5 Å². The molecule has 2 aliphatic heterocycles. The predicted octanol–water partition coefficient (Wildman–Crippen LogP) is 3.59. The Bertz CT molecular complexity index is 1260. The monoisotopic (exact) mass is 497 g/mol. The fourth-order valence-corrected chi connectivity index (χ4v) is 5.02. The summed E-state index contributed by atoms with van der Waals surface area (Å²) in [5, 5.41) is 0.791. The normalized spacial score (nSPS) is 19.3. The topological polar surface area (TPSA) is 91.4 Å². The Balaban J connectivity index is 1.34. The number of Topliss-reactive ketones (excluding diaryl/α,β-unsaturated/α-hetero) is 1. The van der Waals surface area contributed by atoms with Crippen LogP contribution in [0.1, 0.15) is 47.6 Å². The van der Waals surface area contributed by atoms with Crippen LogP contribution in [0.25, 0.3) is 10.9 Å². The summed E-state index contributed by atoms with van der Waals surface area (Å²) < 4.78 is 33.0. The minimum atomic E-state index is -2.67. The number of alkyl halides is 2. The number of rotatable bonds is 7. The van der Waals surface area contributed by atoms with Crippen molar-refractivity contribution in [2.45, 2.75) is 37.6 Å². The van der Waals surface area contributed by atoms with Crippen molar-refractivity contribution in [3.05, 3.63) is 64.3 Å². The summed E-state index contributed by atoms with van der Waals surface area (Å²) in [6.45, 7) is 3.32. The van der Waals surface area contributed by atoms with Crippen molar-refractivity contribution in [2.75, 3.05) is 44.3 Å². The second-order valence-corrected chi connectivity index (χ2v) is 9.36. The maximum absolute atomic E-state index is 13.8. The van der Waals surface area contributed by atoms with Crippen LogP contribution in [0.2, 0.25) is 0 Å². The molecule has 5 rings (SSSR count). The zero-order chi connectivity index (χ0) is 25.1. The lowest BCUT2D eigenvalue weighted by Crippen LogP contribution is -2.41. The molecule has 1 unspecified atom stereocenters. The van der Waals surface area contributed by atoms with E-state index in [1.165, 1.54) is 6.20 Å². The Morgan fingerprint density at radius 3 is 2.61 bits per heavy atom. The van der Waals surface area contributed by atoms with E-state index in [-0.39, 0.29) is 44.2 Å². The molecule has 4 heterocycles. The average molecular weight is 498 g/mol. The largest absolute Gasteiger partial charge is 0.378 e. The highest BCUT2D eigenvalue weighted by atomic mass is 19.3. The predicted molar refractivity (Wildman–Crippen MR) is 132 cm³/mol. The quantitative estimate of drug-likeness (QED) is 0.499. The standard InChI is InChI=1S/C26H29F2N5O3/c27-26(28)8-10-32(11-9-26)22(18-16-29-25(35)30-17-18)5-6-23(34)20-2-1-3-21-19(20)4-7-24(31-21)33-12-14-36-15-13-33/h1-4,7,16-17,22H,5-6,8-15H2,(H,29,30,35). The Hall–Kier alpha value is -3.24. The van der Waals surface area contributed by atoms with Gasteiger partial charge in [-0.3, -0.25) is 9.69 Å². The van der Waals surface area contributed by atoms with Crippen LogP contribution < -0.4 is 10.6 Å². The highest BCUT2D eigenvalue weighted by Gasteiger charge is 2.36. The number of aromatic amines is 1. The highest BCUT2D eigenvalue weighted by Crippen LogP contribution is 2.34. The van der Waals surface area contributed by atoms with Crippen LogP contribution in [0.5, 0.6) is 0 Å². The molecule has 0 radical (unpaired) electrons. The summed E-state index contributed by atoms with van der Waals surface area (Å²) in [6, 6.07) is 9.12. The number of hydrogen-bond donors (Lipinski definition) is 1. The molecule has 0 aliphatic carbocycles. The van der Waals surface area contributed by atoms with E-state index in [0.29, 0.717) is 30.8 Å². The van der Waals surface area contributed by atoms with E-state index in [1.807, 2.05) is 29.2 Å². The number of pyridine rings is 1. The summed E-state index contributed by atoms with van der Waals surface area (Å²) in [6.07, 6.45) is 3.22. The molecule has 2 aromatic heterocycles. The number of carbonyl (C=O) groups excluding carboxylic acids is 1. The van der Waals surface area contributed by atoms with Crippen LogP contribution in [0.3, 0.4) is 0 Å². The first-order valence-corrected chi connectivity index (χ1v) is 12.3. The van der Waals surface area contributed by atoms with E-state index >= 15 is 0 Å². The number of morpholine rings is 1. The number of H-pyrrole nitrogens is 1. The average Bonchev–Trinajstić information content (AvgIpc) is 2.90. The number of fused-ring (bicyclic) bond motifs is 1. The van der Waals surface area contributed by atoms with Crippen molar-refractivity contribution in [1.82, 2.24) is 19.9 Å². The highest BCUT2D eigenvalue weighted by molar-refractivity contribution is 6.07. The van der Waals surface area contributed by atoms with Gasteiger partial charge in [-0.05, 0) is 24.6 Å². The summed E-state index contributed by atoms with van der Waals surface area (Å²) in [5.41, 5.74) is 1.59. The minimum Gasteiger partial charge on any atom is -0.378 e. The van der Waals surface area contributed by atoms with Crippen LogP contribution in [-0.2, 0) is 4.74 Å². The van der Waals surface area contributed by atoms with Gasteiger partial charge < -0.3 is 14.6 Å². The number of ether oxygens (including phenoxy) is 1. The molecule has 8 nitrogen and oxygen atoms in total. The molecule has 36 heavy (non-hydrogen) atoms. The molecule has 2 aliphatic rings. The maximum atomic E-state index is 13.8. The lowest BCUT2D eigenvalue weighted by molar-refractivity contribution is -0.0641. The third-order valence-corrected chi connectivity index (χ3v) is 7.05. The number of nitrogens with one attached hydrogen (secondary N) is 1. The van der Waals surface area contributed by atoms with E-state index in [0.717, 1.165) is 29.8 Å². The van der Waals surface area contributed by atoms with Gasteiger partial charge in [-0.2, -0.15) is 0 Å². The fourth-order valence-electron chi connectivity index (χ4n) is 5.02. The third-order valence-electron chi connectivity index (χ3n) is 7.05. The Labute approximate surface area is 207 Å². The van der Waals surface area contributed by atoms with E-state index in [1.54, 1.807) is 12.3 Å². The summed E-state index contributed by atoms with van der Waals surface area (Å²) in [4.78, 5) is 40.1. The number of carbonyl (C=O) groups is 1. The summed E-state index contributed by atoms with van der Waals surface area (Å²) in [5.74, 6) is -1.84. The number of likely N-dealkylation sites (tertiary alicyclic amines) is 1. The third kappa shape index (κ3) is 5.44. The fraction of sp³-hybridized carbons (Fsp3) is 0.462. The molecule has 2 fully saturated rings. The molecule has 0 amide bonds. The number of nitrogens with zero attached hydrogens (tertiary/aromatic N) is 4. The van der Waals surface area contributed by atoms with Crippen LogP contribution in [0, 0.1) is 0 Å². The lowest BCUT2D eigenvalue weighted by atomic mass is 9.95. The van der Waals surface area contributed by atoms with E-state index in [4.69, 9.17) is 9.72 Å². The number of piperidine rings is 1. The van der Waals surface area contributed by atoms with Gasteiger partial charge in [0.15, 0.2) is 5.78 Å². The smallest absolute Gasteiger partial charge is 0.344 e. The number of ketones is 1. The molecule has 1 N–H and O–H groups in total. The number of anilines is 1. The second kappa shape index (κ2) is 10.4. The van der Waals surface area contributed by atoms with E-state index in [2.05, 4.69) is 14.9 Å². The number of halogens is 2. The van der Waals surface area contributed by atoms with Crippen molar-refractivity contribution >= 4 is 22.5 Å². The van der Waals surface area contributed by atoms with Gasteiger partial charge in [0.2, 0.25) is 0 Å². The molecule has 0 bridgehead atoms. The van der Waals surface area contributed by atoms with Crippen molar-refractivity contribution in [2.24, 2.45) is 0 Å². The molecular formula is C26H29F2N5O3. The number of hydrogen-bond acceptors (Lipinski definition) is 7. The van der Waals surface area contributed by atoms with Crippen LogP contribution in [-0.4, -0.2) is 71.0 Å². The Morgan fingerprint density at radius 1 is 1.11 bits per heavy atom. The molecule has 10 heteroatoms. The van der Waals surface area contributed by atoms with Crippen molar-refractivity contribution in [1.29, 1.82) is 0 Å². The van der Waals surface area contributed by atoms with E-state index < -0.39 is 11.6 Å². The first-order valence-electron chi connectivity index (χ1n) is 12.3. The first kappa shape index (κ1) is 24.5. The second-order valence-electron chi connectivity index (χ2n) is 9.36. The van der Waals surface area contributed by atoms with Gasteiger partial charge in [-0.25, -0.2) is 23.5 Å². The first-order chi connectivity index (χ1) is 17.4. The van der Waals surface area contributed by atoms with Gasteiger partial charge in [0, 0.05) is 80.4 Å². The zero-order valence-electron chi connectivity index (χ0n) is 20.0.